The van der Waals surface area contributed by atoms with E-state index in [0.29, 0.717) is 19.3 Å². The maximum Gasteiger partial charge on any atom is 0.306 e. The Morgan fingerprint density at radius 1 is 0.229 bits per heavy atom. The summed E-state index contributed by atoms with van der Waals surface area (Å²) in [6.07, 6.45) is 88.3. The van der Waals surface area contributed by atoms with Crippen LogP contribution in [-0.2, 0) is 28.6 Å². The van der Waals surface area contributed by atoms with Crippen molar-refractivity contribution in [3.05, 3.63) is 12.2 Å². The van der Waals surface area contributed by atoms with Gasteiger partial charge in [-0.25, -0.2) is 0 Å². The summed E-state index contributed by atoms with van der Waals surface area (Å²) in [4.78, 5) is 38.5. The van der Waals surface area contributed by atoms with Crippen molar-refractivity contribution in [1.29, 1.82) is 0 Å². The van der Waals surface area contributed by atoms with Crippen LogP contribution < -0.4 is 0 Å². The summed E-state index contributed by atoms with van der Waals surface area (Å²) in [6, 6.07) is 0. The number of allylic oxidation sites excluding steroid dienone is 2. The van der Waals surface area contributed by atoms with Crippen LogP contribution >= 0.6 is 0 Å². The number of carbonyl (C=O) groups is 3. The lowest BCUT2D eigenvalue weighted by atomic mass is 10.0. The molecule has 83 heavy (non-hydrogen) atoms. The van der Waals surface area contributed by atoms with Crippen molar-refractivity contribution in [3.63, 3.8) is 0 Å². The van der Waals surface area contributed by atoms with Crippen molar-refractivity contribution >= 4 is 17.9 Å². The topological polar surface area (TPSA) is 78.9 Å². The lowest BCUT2D eigenvalue weighted by Gasteiger charge is -2.18. The van der Waals surface area contributed by atoms with Gasteiger partial charge in [-0.1, -0.05) is 392 Å². The molecule has 0 saturated heterocycles. The van der Waals surface area contributed by atoms with E-state index in [-0.39, 0.29) is 31.1 Å². The first kappa shape index (κ1) is 81.2. The molecule has 0 aliphatic heterocycles. The SMILES string of the molecule is CCCCCCCCCC/C=C\CCCCCCCCCCCCCCCCCC(=O)OCC(COC(=O)CCCCCCCCCCCCCCCCCC)OC(=O)CCCCCCCCCCCCCCCCCCCCCCCC. The molecule has 0 bridgehead atoms. The summed E-state index contributed by atoms with van der Waals surface area (Å²) in [7, 11) is 0. The van der Waals surface area contributed by atoms with Crippen molar-refractivity contribution < 1.29 is 28.6 Å². The van der Waals surface area contributed by atoms with Gasteiger partial charge in [0.25, 0.3) is 0 Å². The number of rotatable bonds is 72. The van der Waals surface area contributed by atoms with Gasteiger partial charge in [-0.3, -0.25) is 14.4 Å². The minimum Gasteiger partial charge on any atom is -0.462 e. The second kappa shape index (κ2) is 72.6. The lowest BCUT2D eigenvalue weighted by Crippen LogP contribution is -2.30. The molecule has 0 aromatic carbocycles. The second-order valence-electron chi connectivity index (χ2n) is 26.3. The van der Waals surface area contributed by atoms with Crippen LogP contribution in [0.15, 0.2) is 12.2 Å². The Hall–Kier alpha value is -1.85. The van der Waals surface area contributed by atoms with Gasteiger partial charge in [0, 0.05) is 19.3 Å². The van der Waals surface area contributed by atoms with Crippen molar-refractivity contribution in [2.24, 2.45) is 0 Å². The number of hydrogen-bond donors (Lipinski definition) is 0. The van der Waals surface area contributed by atoms with E-state index >= 15 is 0 Å². The van der Waals surface area contributed by atoms with E-state index in [2.05, 4.69) is 32.9 Å². The predicted molar refractivity (Wildman–Crippen MR) is 363 cm³/mol. The van der Waals surface area contributed by atoms with E-state index in [1.54, 1.807) is 0 Å². The van der Waals surface area contributed by atoms with Gasteiger partial charge in [0.1, 0.15) is 13.2 Å². The zero-order valence-electron chi connectivity index (χ0n) is 56.8. The molecule has 0 radical (unpaired) electrons. The highest BCUT2D eigenvalue weighted by molar-refractivity contribution is 5.71. The Labute approximate surface area is 520 Å². The van der Waals surface area contributed by atoms with E-state index < -0.39 is 6.10 Å². The van der Waals surface area contributed by atoms with Gasteiger partial charge in [0.05, 0.1) is 0 Å². The first-order chi connectivity index (χ1) is 41.0. The highest BCUT2D eigenvalue weighted by Gasteiger charge is 2.20. The summed E-state index contributed by atoms with van der Waals surface area (Å²) >= 11 is 0. The summed E-state index contributed by atoms with van der Waals surface area (Å²) in [5.41, 5.74) is 0. The quantitative estimate of drug-likeness (QED) is 0.0261. The minimum absolute atomic E-state index is 0.0617. The largest absolute Gasteiger partial charge is 0.462 e. The Morgan fingerprint density at radius 3 is 0.602 bits per heavy atom. The van der Waals surface area contributed by atoms with Crippen LogP contribution in [0.25, 0.3) is 0 Å². The van der Waals surface area contributed by atoms with Crippen molar-refractivity contribution in [2.45, 2.75) is 451 Å². The van der Waals surface area contributed by atoms with Crippen LogP contribution in [0.1, 0.15) is 445 Å². The average molecular weight is 1170 g/mol. The number of unbranched alkanes of at least 4 members (excludes halogenated alkanes) is 59. The molecule has 0 saturated carbocycles. The van der Waals surface area contributed by atoms with Crippen LogP contribution in [-0.4, -0.2) is 37.2 Å². The molecule has 1 atom stereocenters. The van der Waals surface area contributed by atoms with Gasteiger partial charge in [-0.15, -0.1) is 0 Å². The molecule has 0 aromatic rings. The molecule has 0 aliphatic carbocycles. The summed E-state index contributed by atoms with van der Waals surface area (Å²) in [6.45, 7) is 6.75. The molecule has 0 spiro atoms. The third kappa shape index (κ3) is 70.8. The molecule has 0 rings (SSSR count). The molecule has 6 nitrogen and oxygen atoms in total. The Balaban J connectivity index is 4.22. The Kier molecular flexibility index (Phi) is 71.0. The van der Waals surface area contributed by atoms with E-state index in [9.17, 15) is 14.4 Å². The zero-order chi connectivity index (χ0) is 59.9. The standard InChI is InChI=1S/C77H148O6/c1-4-7-10-13-16-19-22-25-28-31-33-35-37-38-39-40-41-43-44-46-49-52-55-58-61-64-67-70-76(79)82-73-74(72-81-75(78)69-66-63-60-57-54-51-48-30-27-24-21-18-15-12-9-6-3)83-77(80)71-68-65-62-59-56-53-50-47-45-42-36-34-32-29-26-23-20-17-14-11-8-5-2/h31,33,74H,4-30,32,34-73H2,1-3H3/b33-31-. The van der Waals surface area contributed by atoms with Crippen molar-refractivity contribution in [1.82, 2.24) is 0 Å². The Bertz CT molecular complexity index is 1300. The highest BCUT2D eigenvalue weighted by Crippen LogP contribution is 2.20. The van der Waals surface area contributed by atoms with Crippen molar-refractivity contribution in [2.75, 3.05) is 13.2 Å². The highest BCUT2D eigenvalue weighted by atomic mass is 16.6. The average Bonchev–Trinajstić information content (AvgIpc) is 3.49. The number of carbonyl (C=O) groups excluding carboxylic acids is 3. The van der Waals surface area contributed by atoms with Crippen LogP contribution in [0.4, 0.5) is 0 Å². The van der Waals surface area contributed by atoms with E-state index in [1.165, 1.54) is 347 Å². The predicted octanol–water partition coefficient (Wildman–Crippen LogP) is 26.3. The first-order valence-corrected chi connectivity index (χ1v) is 38.2. The van der Waals surface area contributed by atoms with Gasteiger partial charge in [-0.2, -0.15) is 0 Å². The normalized spacial score (nSPS) is 12.0. The molecule has 0 amide bonds. The molecule has 492 valence electrons. The molecule has 6 heteroatoms. The monoisotopic (exact) mass is 1170 g/mol. The molecular formula is C77H148O6. The van der Waals surface area contributed by atoms with Gasteiger partial charge < -0.3 is 14.2 Å². The van der Waals surface area contributed by atoms with Crippen LogP contribution in [0.5, 0.6) is 0 Å². The Morgan fingerprint density at radius 2 is 0.398 bits per heavy atom. The summed E-state index contributed by atoms with van der Waals surface area (Å²) in [5.74, 6) is -0.819. The summed E-state index contributed by atoms with van der Waals surface area (Å²) in [5, 5.41) is 0. The van der Waals surface area contributed by atoms with Crippen LogP contribution in [0.3, 0.4) is 0 Å². The third-order valence-corrected chi connectivity index (χ3v) is 17.8. The molecule has 0 heterocycles. The first-order valence-electron chi connectivity index (χ1n) is 38.2. The third-order valence-electron chi connectivity index (χ3n) is 17.8. The smallest absolute Gasteiger partial charge is 0.306 e. The molecular weight excluding hydrogens is 1020 g/mol. The summed E-state index contributed by atoms with van der Waals surface area (Å²) < 4.78 is 17.1. The number of esters is 3. The maximum absolute atomic E-state index is 13.0. The fourth-order valence-electron chi connectivity index (χ4n) is 12.0. The van der Waals surface area contributed by atoms with Gasteiger partial charge >= 0.3 is 17.9 Å². The van der Waals surface area contributed by atoms with Gasteiger partial charge in [-0.05, 0) is 44.9 Å². The minimum atomic E-state index is -0.766. The van der Waals surface area contributed by atoms with E-state index in [1.807, 2.05) is 0 Å². The zero-order valence-corrected chi connectivity index (χ0v) is 56.8. The van der Waals surface area contributed by atoms with Crippen molar-refractivity contribution in [3.8, 4) is 0 Å². The van der Waals surface area contributed by atoms with E-state index in [0.717, 1.165) is 57.8 Å². The molecule has 0 N–H and O–H groups in total. The second-order valence-corrected chi connectivity index (χ2v) is 26.3. The molecule has 0 fully saturated rings. The molecule has 0 aliphatic rings. The fraction of sp³-hybridized carbons (Fsp3) is 0.935. The van der Waals surface area contributed by atoms with Gasteiger partial charge in [0.2, 0.25) is 0 Å². The van der Waals surface area contributed by atoms with Crippen LogP contribution in [0, 0.1) is 0 Å². The number of ether oxygens (including phenoxy) is 3. The molecule has 1 unspecified atom stereocenters. The maximum atomic E-state index is 13.0. The number of hydrogen-bond acceptors (Lipinski definition) is 6. The molecule has 0 aromatic heterocycles. The fourth-order valence-corrected chi connectivity index (χ4v) is 12.0. The van der Waals surface area contributed by atoms with Crippen LogP contribution in [0.2, 0.25) is 0 Å². The lowest BCUT2D eigenvalue weighted by molar-refractivity contribution is -0.167. The van der Waals surface area contributed by atoms with E-state index in [4.69, 9.17) is 14.2 Å². The van der Waals surface area contributed by atoms with Gasteiger partial charge in [0.15, 0.2) is 6.10 Å².